The fourth-order valence-corrected chi connectivity index (χ4v) is 3.00. The van der Waals surface area contributed by atoms with Gasteiger partial charge < -0.3 is 10.0 Å². The molecular formula is C12H17NO2S. The van der Waals surface area contributed by atoms with Crippen LogP contribution in [0.25, 0.3) is 0 Å². The maximum Gasteiger partial charge on any atom is 0.345 e. The summed E-state index contributed by atoms with van der Waals surface area (Å²) in [6.45, 7) is 6.59. The van der Waals surface area contributed by atoms with Gasteiger partial charge in [0.05, 0.1) is 0 Å². The number of nitrogens with zero attached hydrogens (tertiary/aromatic N) is 1. The number of carboxylic acids is 1. The molecule has 0 bridgehead atoms. The van der Waals surface area contributed by atoms with Crippen LogP contribution in [0.1, 0.15) is 36.4 Å². The highest BCUT2D eigenvalue weighted by atomic mass is 32.1. The molecule has 2 rings (SSSR count). The zero-order chi connectivity index (χ0) is 11.8. The van der Waals surface area contributed by atoms with E-state index in [9.17, 15) is 4.79 Å². The largest absolute Gasteiger partial charge is 0.477 e. The van der Waals surface area contributed by atoms with Gasteiger partial charge in [-0.2, -0.15) is 0 Å². The highest BCUT2D eigenvalue weighted by molar-refractivity contribution is 7.12. The number of carbonyl (C=O) groups is 1. The van der Waals surface area contributed by atoms with Crippen molar-refractivity contribution in [1.29, 1.82) is 0 Å². The van der Waals surface area contributed by atoms with Crippen LogP contribution in [0.4, 0.5) is 5.69 Å². The van der Waals surface area contributed by atoms with Crippen LogP contribution in [0.15, 0.2) is 11.4 Å². The van der Waals surface area contributed by atoms with E-state index in [0.717, 1.165) is 18.8 Å². The van der Waals surface area contributed by atoms with Gasteiger partial charge in [0.2, 0.25) is 0 Å². The molecule has 0 spiro atoms. The summed E-state index contributed by atoms with van der Waals surface area (Å²) in [5.74, 6) is -0.826. The number of hydrogen-bond acceptors (Lipinski definition) is 3. The van der Waals surface area contributed by atoms with Crippen molar-refractivity contribution in [3.05, 3.63) is 16.3 Å². The summed E-state index contributed by atoms with van der Waals surface area (Å²) in [5, 5.41) is 10.8. The molecule has 1 saturated heterocycles. The Kier molecular flexibility index (Phi) is 2.93. The molecule has 0 saturated carbocycles. The van der Waals surface area contributed by atoms with Gasteiger partial charge in [-0.05, 0) is 24.3 Å². The lowest BCUT2D eigenvalue weighted by atomic mass is 9.84. The molecule has 0 amide bonds. The molecule has 16 heavy (non-hydrogen) atoms. The average Bonchev–Trinajstić information content (AvgIpc) is 2.64. The number of rotatable bonds is 2. The highest BCUT2D eigenvalue weighted by Crippen LogP contribution is 2.33. The number of thiophene rings is 1. The Balaban J connectivity index is 2.14. The third-order valence-electron chi connectivity index (χ3n) is 3.06. The summed E-state index contributed by atoms with van der Waals surface area (Å²) in [6, 6.07) is 1.79. The molecule has 2 heterocycles. The molecule has 0 radical (unpaired) electrons. The van der Waals surface area contributed by atoms with E-state index < -0.39 is 5.97 Å². The second-order valence-electron chi connectivity index (χ2n) is 5.16. The first kappa shape index (κ1) is 11.5. The van der Waals surface area contributed by atoms with E-state index in [-0.39, 0.29) is 0 Å². The molecule has 1 fully saturated rings. The number of piperidine rings is 1. The third-order valence-corrected chi connectivity index (χ3v) is 3.97. The normalized spacial score (nSPS) is 19.8. The van der Waals surface area contributed by atoms with Crippen LogP contribution in [-0.4, -0.2) is 24.2 Å². The molecule has 0 aromatic carbocycles. The monoisotopic (exact) mass is 239 g/mol. The predicted octanol–water partition coefficient (Wildman–Crippen LogP) is 3.07. The number of hydrogen-bond donors (Lipinski definition) is 1. The first-order valence-corrected chi connectivity index (χ1v) is 6.43. The number of anilines is 1. The number of carboxylic acid groups (broad SMARTS) is 1. The van der Waals surface area contributed by atoms with Crippen molar-refractivity contribution in [2.45, 2.75) is 26.7 Å². The van der Waals surface area contributed by atoms with Crippen molar-refractivity contribution in [3.8, 4) is 0 Å². The van der Waals surface area contributed by atoms with Crippen LogP contribution in [0, 0.1) is 5.41 Å². The molecular weight excluding hydrogens is 222 g/mol. The molecule has 3 nitrogen and oxygen atoms in total. The van der Waals surface area contributed by atoms with Crippen LogP contribution in [-0.2, 0) is 0 Å². The zero-order valence-electron chi connectivity index (χ0n) is 9.69. The molecule has 88 valence electrons. The van der Waals surface area contributed by atoms with E-state index in [2.05, 4.69) is 18.7 Å². The summed E-state index contributed by atoms with van der Waals surface area (Å²) in [7, 11) is 0. The van der Waals surface area contributed by atoms with Crippen LogP contribution < -0.4 is 4.90 Å². The van der Waals surface area contributed by atoms with Crippen molar-refractivity contribution in [1.82, 2.24) is 0 Å². The van der Waals surface area contributed by atoms with Gasteiger partial charge in [-0.3, -0.25) is 0 Å². The van der Waals surface area contributed by atoms with E-state index in [4.69, 9.17) is 5.11 Å². The summed E-state index contributed by atoms with van der Waals surface area (Å²) in [6.07, 6.45) is 2.44. The second kappa shape index (κ2) is 4.09. The van der Waals surface area contributed by atoms with Crippen LogP contribution in [0.3, 0.4) is 0 Å². The fraction of sp³-hybridized carbons (Fsp3) is 0.583. The minimum atomic E-state index is -0.826. The molecule has 1 aliphatic heterocycles. The molecule has 0 atom stereocenters. The van der Waals surface area contributed by atoms with Crippen molar-refractivity contribution in [2.75, 3.05) is 18.0 Å². The predicted molar refractivity (Wildman–Crippen MR) is 66.5 cm³/mol. The standard InChI is InChI=1S/C12H17NO2S/c1-12(2)4-3-5-13(8-12)9-6-10(11(14)15)16-7-9/h6-7H,3-5,8H2,1-2H3,(H,14,15). The molecule has 0 aliphatic carbocycles. The minimum Gasteiger partial charge on any atom is -0.477 e. The van der Waals surface area contributed by atoms with Crippen molar-refractivity contribution in [2.24, 2.45) is 5.41 Å². The second-order valence-corrected chi connectivity index (χ2v) is 6.07. The lowest BCUT2D eigenvalue weighted by Gasteiger charge is -2.38. The number of aromatic carboxylic acids is 1. The Morgan fingerprint density at radius 2 is 2.31 bits per heavy atom. The van der Waals surface area contributed by atoms with Gasteiger partial charge in [-0.1, -0.05) is 13.8 Å². The van der Waals surface area contributed by atoms with Crippen LogP contribution >= 0.6 is 11.3 Å². The first-order valence-electron chi connectivity index (χ1n) is 5.55. The van der Waals surface area contributed by atoms with E-state index in [0.29, 0.717) is 10.3 Å². The highest BCUT2D eigenvalue weighted by Gasteiger charge is 2.27. The van der Waals surface area contributed by atoms with Gasteiger partial charge in [0.15, 0.2) is 0 Å². The molecule has 1 aromatic rings. The molecule has 0 unspecified atom stereocenters. The minimum absolute atomic E-state index is 0.337. The van der Waals surface area contributed by atoms with Gasteiger partial charge in [-0.25, -0.2) is 4.79 Å². The lowest BCUT2D eigenvalue weighted by molar-refractivity contribution is 0.0702. The summed E-state index contributed by atoms with van der Waals surface area (Å²) in [4.78, 5) is 13.5. The van der Waals surface area contributed by atoms with Gasteiger partial charge >= 0.3 is 5.97 Å². The van der Waals surface area contributed by atoms with E-state index in [1.54, 1.807) is 6.07 Å². The summed E-state index contributed by atoms with van der Waals surface area (Å²) in [5.41, 5.74) is 1.40. The SMILES string of the molecule is CC1(C)CCCN(c2csc(C(=O)O)c2)C1. The van der Waals surface area contributed by atoms with Crippen molar-refractivity contribution < 1.29 is 9.90 Å². The van der Waals surface area contributed by atoms with Gasteiger partial charge in [0.25, 0.3) is 0 Å². The smallest absolute Gasteiger partial charge is 0.345 e. The first-order chi connectivity index (χ1) is 7.48. The summed E-state index contributed by atoms with van der Waals surface area (Å²) >= 11 is 1.31. The van der Waals surface area contributed by atoms with E-state index in [1.165, 1.54) is 24.2 Å². The Hall–Kier alpha value is -1.03. The average molecular weight is 239 g/mol. The Bertz CT molecular complexity index is 397. The topological polar surface area (TPSA) is 40.5 Å². The van der Waals surface area contributed by atoms with E-state index >= 15 is 0 Å². The maximum absolute atomic E-state index is 10.8. The molecule has 4 heteroatoms. The molecule has 1 N–H and O–H groups in total. The quantitative estimate of drug-likeness (QED) is 0.862. The maximum atomic E-state index is 10.8. The Labute approximate surface area is 99.7 Å². The lowest BCUT2D eigenvalue weighted by Crippen LogP contribution is -2.39. The van der Waals surface area contributed by atoms with Gasteiger partial charge in [-0.15, -0.1) is 11.3 Å². The van der Waals surface area contributed by atoms with E-state index in [1.807, 2.05) is 5.38 Å². The third kappa shape index (κ3) is 2.38. The Morgan fingerprint density at radius 3 is 2.88 bits per heavy atom. The van der Waals surface area contributed by atoms with Gasteiger partial charge in [0, 0.05) is 24.2 Å². The zero-order valence-corrected chi connectivity index (χ0v) is 10.5. The molecule has 1 aliphatic rings. The van der Waals surface area contributed by atoms with Crippen LogP contribution in [0.5, 0.6) is 0 Å². The molecule has 1 aromatic heterocycles. The Morgan fingerprint density at radius 1 is 1.56 bits per heavy atom. The van der Waals surface area contributed by atoms with Crippen molar-refractivity contribution >= 4 is 23.0 Å². The van der Waals surface area contributed by atoms with Crippen molar-refractivity contribution in [3.63, 3.8) is 0 Å². The fourth-order valence-electron chi connectivity index (χ4n) is 2.25. The van der Waals surface area contributed by atoms with Gasteiger partial charge in [0.1, 0.15) is 4.88 Å². The van der Waals surface area contributed by atoms with Crippen LogP contribution in [0.2, 0.25) is 0 Å². The summed E-state index contributed by atoms with van der Waals surface area (Å²) < 4.78 is 0.